The molecule has 0 spiro atoms. The van der Waals surface area contributed by atoms with E-state index in [-0.39, 0.29) is 6.04 Å². The Morgan fingerprint density at radius 1 is 0.886 bits per heavy atom. The van der Waals surface area contributed by atoms with Crippen LogP contribution >= 0.6 is 0 Å². The molecule has 2 N–H and O–H groups in total. The lowest BCUT2D eigenvalue weighted by atomic mass is 9.93. The van der Waals surface area contributed by atoms with Gasteiger partial charge in [0.1, 0.15) is 23.8 Å². The molecule has 172 valence electrons. The normalized spacial score (nSPS) is 14.0. The Morgan fingerprint density at radius 3 is 2.31 bits per heavy atom. The topological polar surface area (TPSA) is 89.7 Å². The minimum Gasteiger partial charge on any atom is -0.370 e. The molecule has 1 aromatic heterocycles. The van der Waals surface area contributed by atoms with E-state index in [4.69, 9.17) is 5.73 Å². The van der Waals surface area contributed by atoms with E-state index < -0.39 is 11.6 Å². The first kappa shape index (κ1) is 22.5. The second kappa shape index (κ2) is 9.13. The fourth-order valence-corrected chi connectivity index (χ4v) is 4.74. The summed E-state index contributed by atoms with van der Waals surface area (Å²) < 4.78 is 28.3. The Bertz CT molecular complexity index is 1510. The number of aromatic nitrogens is 1. The van der Waals surface area contributed by atoms with Crippen molar-refractivity contribution in [3.63, 3.8) is 0 Å². The van der Waals surface area contributed by atoms with Gasteiger partial charge in [-0.1, -0.05) is 18.2 Å². The van der Waals surface area contributed by atoms with Gasteiger partial charge in [0, 0.05) is 47.9 Å². The Balaban J connectivity index is 1.78. The molecule has 0 amide bonds. The van der Waals surface area contributed by atoms with Gasteiger partial charge in [-0.05, 0) is 54.3 Å². The zero-order valence-electron chi connectivity index (χ0n) is 18.8. The monoisotopic (exact) mass is 465 g/mol. The molecule has 5 rings (SSSR count). The van der Waals surface area contributed by atoms with Crippen LogP contribution in [0.1, 0.15) is 24.0 Å². The SMILES string of the molecule is N#Cc1cccc(-c2ccc3ncc(-c4cc(F)cc(F)c4)c(N4CCC(N)CC4)c3c2)c1C#N. The third-order valence-electron chi connectivity index (χ3n) is 6.48. The largest absolute Gasteiger partial charge is 0.370 e. The van der Waals surface area contributed by atoms with E-state index >= 15 is 0 Å². The van der Waals surface area contributed by atoms with Crippen molar-refractivity contribution in [1.29, 1.82) is 10.5 Å². The number of hydrogen-bond donors (Lipinski definition) is 1. The van der Waals surface area contributed by atoms with Gasteiger partial charge in [-0.15, -0.1) is 0 Å². The minimum absolute atomic E-state index is 0.108. The molecule has 1 saturated heterocycles. The molecule has 0 unspecified atom stereocenters. The van der Waals surface area contributed by atoms with Crippen LogP contribution in [0.2, 0.25) is 0 Å². The van der Waals surface area contributed by atoms with Crippen molar-refractivity contribution in [3.05, 3.63) is 83.6 Å². The van der Waals surface area contributed by atoms with Crippen molar-refractivity contribution in [2.45, 2.75) is 18.9 Å². The number of piperidine rings is 1. The molecule has 1 aliphatic heterocycles. The number of pyridine rings is 1. The zero-order valence-corrected chi connectivity index (χ0v) is 18.8. The van der Waals surface area contributed by atoms with Crippen LogP contribution in [0.25, 0.3) is 33.2 Å². The smallest absolute Gasteiger partial charge is 0.126 e. The van der Waals surface area contributed by atoms with Gasteiger partial charge in [0.15, 0.2) is 0 Å². The number of nitrogens with two attached hydrogens (primary N) is 1. The van der Waals surface area contributed by atoms with Gasteiger partial charge in [0.05, 0.1) is 22.3 Å². The van der Waals surface area contributed by atoms with Crippen molar-refractivity contribution in [1.82, 2.24) is 4.98 Å². The zero-order chi connectivity index (χ0) is 24.5. The molecule has 2 heterocycles. The van der Waals surface area contributed by atoms with Crippen LogP contribution in [-0.4, -0.2) is 24.1 Å². The maximum atomic E-state index is 14.1. The lowest BCUT2D eigenvalue weighted by Crippen LogP contribution is -2.40. The minimum atomic E-state index is -0.660. The highest BCUT2D eigenvalue weighted by Gasteiger charge is 2.23. The van der Waals surface area contributed by atoms with Crippen LogP contribution < -0.4 is 10.6 Å². The van der Waals surface area contributed by atoms with E-state index in [1.807, 2.05) is 18.2 Å². The number of nitriles is 2. The van der Waals surface area contributed by atoms with Gasteiger partial charge >= 0.3 is 0 Å². The quantitative estimate of drug-likeness (QED) is 0.430. The Labute approximate surface area is 201 Å². The van der Waals surface area contributed by atoms with Crippen molar-refractivity contribution in [2.24, 2.45) is 5.73 Å². The number of hydrogen-bond acceptors (Lipinski definition) is 5. The molecule has 4 aromatic rings. The van der Waals surface area contributed by atoms with Crippen molar-refractivity contribution >= 4 is 16.6 Å². The third kappa shape index (κ3) is 4.19. The van der Waals surface area contributed by atoms with Gasteiger partial charge in [-0.3, -0.25) is 4.98 Å². The average molecular weight is 466 g/mol. The first-order chi connectivity index (χ1) is 17.0. The predicted octanol–water partition coefficient (Wildman–Crippen LogP) is 5.52. The summed E-state index contributed by atoms with van der Waals surface area (Å²) in [6, 6.07) is 18.6. The lowest BCUT2D eigenvalue weighted by Gasteiger charge is -2.34. The highest BCUT2D eigenvalue weighted by molar-refractivity contribution is 6.02. The first-order valence-electron chi connectivity index (χ1n) is 11.3. The molecule has 7 heteroatoms. The van der Waals surface area contributed by atoms with Crippen LogP contribution in [0.5, 0.6) is 0 Å². The Hall–Kier alpha value is -4.33. The van der Waals surface area contributed by atoms with Gasteiger partial charge in [-0.2, -0.15) is 10.5 Å². The van der Waals surface area contributed by atoms with Gasteiger partial charge in [-0.25, -0.2) is 8.78 Å². The number of rotatable bonds is 3. The Morgan fingerprint density at radius 2 is 1.63 bits per heavy atom. The molecule has 0 atom stereocenters. The second-order valence-electron chi connectivity index (χ2n) is 8.69. The van der Waals surface area contributed by atoms with E-state index in [9.17, 15) is 19.3 Å². The van der Waals surface area contributed by atoms with Crippen LogP contribution in [0.4, 0.5) is 14.5 Å². The van der Waals surface area contributed by atoms with Gasteiger partial charge in [0.25, 0.3) is 0 Å². The molecule has 35 heavy (non-hydrogen) atoms. The molecular formula is C28H21F2N5. The standard InChI is InChI=1S/C28H21F2N5/c29-20-10-19(11-21(30)13-20)26-16-34-27-5-4-17(23-3-1-2-18(14-31)25(23)15-32)12-24(27)28(26)35-8-6-22(33)7-9-35/h1-5,10-13,16,22H,6-9,33H2. The summed E-state index contributed by atoms with van der Waals surface area (Å²) in [5, 5.41) is 20.0. The summed E-state index contributed by atoms with van der Waals surface area (Å²) in [5.74, 6) is -1.32. The highest BCUT2D eigenvalue weighted by Crippen LogP contribution is 2.40. The maximum Gasteiger partial charge on any atom is 0.126 e. The van der Waals surface area contributed by atoms with Crippen molar-refractivity contribution < 1.29 is 8.78 Å². The number of nitrogens with zero attached hydrogens (tertiary/aromatic N) is 4. The maximum absolute atomic E-state index is 14.1. The van der Waals surface area contributed by atoms with Gasteiger partial charge in [0.2, 0.25) is 0 Å². The molecule has 0 radical (unpaired) electrons. The summed E-state index contributed by atoms with van der Waals surface area (Å²) in [5.41, 5.74) is 10.7. The van der Waals surface area contributed by atoms with Gasteiger partial charge < -0.3 is 10.6 Å². The third-order valence-corrected chi connectivity index (χ3v) is 6.48. The van der Waals surface area contributed by atoms with E-state index in [0.717, 1.165) is 35.5 Å². The molecule has 1 fully saturated rings. The summed E-state index contributed by atoms with van der Waals surface area (Å²) in [6.45, 7) is 1.39. The lowest BCUT2D eigenvalue weighted by molar-refractivity contribution is 0.502. The summed E-state index contributed by atoms with van der Waals surface area (Å²) >= 11 is 0. The molecule has 0 aliphatic carbocycles. The molecular weight excluding hydrogens is 444 g/mol. The molecule has 5 nitrogen and oxygen atoms in total. The summed E-state index contributed by atoms with van der Waals surface area (Å²) in [4.78, 5) is 6.77. The molecule has 0 saturated carbocycles. The summed E-state index contributed by atoms with van der Waals surface area (Å²) in [7, 11) is 0. The fraction of sp³-hybridized carbons (Fsp3) is 0.179. The highest BCUT2D eigenvalue weighted by atomic mass is 19.1. The van der Waals surface area contributed by atoms with E-state index in [0.29, 0.717) is 46.4 Å². The van der Waals surface area contributed by atoms with E-state index in [2.05, 4.69) is 22.0 Å². The molecule has 0 bridgehead atoms. The van der Waals surface area contributed by atoms with Crippen LogP contribution in [0.3, 0.4) is 0 Å². The molecule has 3 aromatic carbocycles. The van der Waals surface area contributed by atoms with Crippen LogP contribution in [0.15, 0.2) is 60.8 Å². The van der Waals surface area contributed by atoms with E-state index in [1.165, 1.54) is 12.1 Å². The van der Waals surface area contributed by atoms with E-state index in [1.54, 1.807) is 24.4 Å². The average Bonchev–Trinajstić information content (AvgIpc) is 2.87. The number of anilines is 1. The van der Waals surface area contributed by atoms with Crippen molar-refractivity contribution in [2.75, 3.05) is 18.0 Å². The van der Waals surface area contributed by atoms with Crippen LogP contribution in [-0.2, 0) is 0 Å². The number of fused-ring (bicyclic) bond motifs is 1. The predicted molar refractivity (Wildman–Crippen MR) is 131 cm³/mol. The Kier molecular flexibility index (Phi) is 5.86. The van der Waals surface area contributed by atoms with Crippen molar-refractivity contribution in [3.8, 4) is 34.4 Å². The summed E-state index contributed by atoms with van der Waals surface area (Å²) in [6.07, 6.45) is 3.24. The first-order valence-corrected chi connectivity index (χ1v) is 11.3. The number of benzene rings is 3. The second-order valence-corrected chi connectivity index (χ2v) is 8.69. The van der Waals surface area contributed by atoms with Crippen LogP contribution in [0, 0.1) is 34.3 Å². The molecule has 1 aliphatic rings. The fourth-order valence-electron chi connectivity index (χ4n) is 4.74. The number of halogens is 2.